The lowest BCUT2D eigenvalue weighted by molar-refractivity contribution is -0.110. The summed E-state index contributed by atoms with van der Waals surface area (Å²) in [4.78, 5) is 23.0. The molecule has 4 heteroatoms. The molecule has 1 aromatic heterocycles. The molecule has 0 spiro atoms. The first kappa shape index (κ1) is 14.5. The largest absolute Gasteiger partial charge is 0.356 e. The highest BCUT2D eigenvalue weighted by Crippen LogP contribution is 2.54. The smallest absolute Gasteiger partial charge is 0.136 e. The van der Waals surface area contributed by atoms with Gasteiger partial charge in [-0.2, -0.15) is 0 Å². The molecular formula is C17H25N3O. The van der Waals surface area contributed by atoms with Crippen LogP contribution in [0.5, 0.6) is 0 Å². The summed E-state index contributed by atoms with van der Waals surface area (Å²) in [6.07, 6.45) is 7.69. The van der Waals surface area contributed by atoms with E-state index in [1.54, 1.807) is 0 Å². The Hall–Kier alpha value is -1.45. The standard InChI is InChI=1S/C17H25N3O/c1-11-6-5-7-15(11)20(4)16-14(9-18-13(3)19-16)17(10-21)8-12(17)2/h9-12,15H,5-8H2,1-4H3. The third-order valence-corrected chi connectivity index (χ3v) is 5.61. The maximum absolute atomic E-state index is 11.7. The van der Waals surface area contributed by atoms with Crippen molar-refractivity contribution in [3.05, 3.63) is 17.6 Å². The lowest BCUT2D eigenvalue weighted by Crippen LogP contribution is -2.36. The summed E-state index contributed by atoms with van der Waals surface area (Å²) in [5, 5.41) is 0. The van der Waals surface area contributed by atoms with Crippen molar-refractivity contribution in [2.45, 2.75) is 57.9 Å². The second-order valence-electron chi connectivity index (χ2n) is 7.00. The van der Waals surface area contributed by atoms with Gasteiger partial charge in [-0.05, 0) is 38.0 Å². The van der Waals surface area contributed by atoms with Crippen LogP contribution in [0, 0.1) is 18.8 Å². The predicted molar refractivity (Wildman–Crippen MR) is 83.5 cm³/mol. The average Bonchev–Trinajstić information content (AvgIpc) is 2.94. The zero-order valence-corrected chi connectivity index (χ0v) is 13.5. The van der Waals surface area contributed by atoms with Gasteiger partial charge in [-0.15, -0.1) is 0 Å². The van der Waals surface area contributed by atoms with Crippen LogP contribution in [0.1, 0.15) is 50.9 Å². The third kappa shape index (κ3) is 2.25. The molecule has 0 aliphatic heterocycles. The minimum Gasteiger partial charge on any atom is -0.356 e. The van der Waals surface area contributed by atoms with Crippen LogP contribution in [0.25, 0.3) is 0 Å². The van der Waals surface area contributed by atoms with E-state index in [0.717, 1.165) is 29.9 Å². The van der Waals surface area contributed by atoms with Crippen LogP contribution in [0.15, 0.2) is 6.20 Å². The van der Waals surface area contributed by atoms with Crippen molar-refractivity contribution in [3.8, 4) is 0 Å². The maximum Gasteiger partial charge on any atom is 0.136 e. The van der Waals surface area contributed by atoms with Crippen molar-refractivity contribution in [3.63, 3.8) is 0 Å². The molecule has 1 heterocycles. The molecule has 2 aliphatic rings. The lowest BCUT2D eigenvalue weighted by Gasteiger charge is -2.31. The quantitative estimate of drug-likeness (QED) is 0.799. The van der Waals surface area contributed by atoms with Crippen molar-refractivity contribution in [2.75, 3.05) is 11.9 Å². The number of rotatable bonds is 4. The van der Waals surface area contributed by atoms with E-state index >= 15 is 0 Å². The van der Waals surface area contributed by atoms with E-state index in [1.807, 2.05) is 13.1 Å². The van der Waals surface area contributed by atoms with Crippen LogP contribution in [-0.4, -0.2) is 29.3 Å². The van der Waals surface area contributed by atoms with Gasteiger partial charge in [0.15, 0.2) is 0 Å². The predicted octanol–water partition coefficient (Wildman–Crippen LogP) is 2.89. The number of aryl methyl sites for hydroxylation is 1. The summed E-state index contributed by atoms with van der Waals surface area (Å²) in [6.45, 7) is 6.37. The fraction of sp³-hybridized carbons (Fsp3) is 0.706. The molecule has 1 aromatic rings. The molecule has 4 atom stereocenters. The summed E-state index contributed by atoms with van der Waals surface area (Å²) in [7, 11) is 2.13. The number of hydrogen-bond donors (Lipinski definition) is 0. The highest BCUT2D eigenvalue weighted by Gasteiger charge is 2.54. The van der Waals surface area contributed by atoms with E-state index in [1.165, 1.54) is 19.3 Å². The van der Waals surface area contributed by atoms with Gasteiger partial charge < -0.3 is 9.69 Å². The number of carbonyl (C=O) groups excluding carboxylic acids is 1. The molecule has 0 amide bonds. The minimum atomic E-state index is -0.348. The molecule has 0 saturated heterocycles. The molecule has 21 heavy (non-hydrogen) atoms. The van der Waals surface area contributed by atoms with Gasteiger partial charge >= 0.3 is 0 Å². The van der Waals surface area contributed by atoms with Gasteiger partial charge in [-0.25, -0.2) is 9.97 Å². The Bertz CT molecular complexity index is 559. The first-order chi connectivity index (χ1) is 9.99. The van der Waals surface area contributed by atoms with Crippen LogP contribution < -0.4 is 4.90 Å². The minimum absolute atomic E-state index is 0.348. The second kappa shape index (κ2) is 5.08. The number of aromatic nitrogens is 2. The van der Waals surface area contributed by atoms with Gasteiger partial charge in [-0.1, -0.05) is 20.3 Å². The summed E-state index contributed by atoms with van der Waals surface area (Å²) in [5.41, 5.74) is 0.677. The lowest BCUT2D eigenvalue weighted by atomic mass is 9.95. The molecule has 4 nitrogen and oxygen atoms in total. The van der Waals surface area contributed by atoms with E-state index in [2.05, 4.69) is 30.8 Å². The van der Waals surface area contributed by atoms with E-state index in [0.29, 0.717) is 17.9 Å². The third-order valence-electron chi connectivity index (χ3n) is 5.61. The van der Waals surface area contributed by atoms with Crippen molar-refractivity contribution < 1.29 is 4.79 Å². The Labute approximate surface area is 127 Å². The molecule has 2 saturated carbocycles. The number of aldehydes is 1. The maximum atomic E-state index is 11.7. The Kier molecular flexibility index (Phi) is 3.50. The zero-order valence-electron chi connectivity index (χ0n) is 13.5. The fourth-order valence-electron chi connectivity index (χ4n) is 3.96. The second-order valence-corrected chi connectivity index (χ2v) is 7.00. The fourth-order valence-corrected chi connectivity index (χ4v) is 3.96. The van der Waals surface area contributed by atoms with Gasteiger partial charge in [0.1, 0.15) is 17.9 Å². The summed E-state index contributed by atoms with van der Waals surface area (Å²) in [6, 6.07) is 0.524. The highest BCUT2D eigenvalue weighted by atomic mass is 16.1. The van der Waals surface area contributed by atoms with Crippen LogP contribution in [-0.2, 0) is 10.2 Å². The van der Waals surface area contributed by atoms with E-state index in [4.69, 9.17) is 4.98 Å². The molecule has 2 fully saturated rings. The Morgan fingerprint density at radius 2 is 2.10 bits per heavy atom. The molecule has 0 bridgehead atoms. The van der Waals surface area contributed by atoms with E-state index in [9.17, 15) is 4.79 Å². The summed E-state index contributed by atoms with van der Waals surface area (Å²) in [5.74, 6) is 2.83. The number of hydrogen-bond acceptors (Lipinski definition) is 4. The molecule has 0 aromatic carbocycles. The Balaban J connectivity index is 2.01. The molecule has 114 valence electrons. The first-order valence-electron chi connectivity index (χ1n) is 8.03. The molecule has 4 unspecified atom stereocenters. The highest BCUT2D eigenvalue weighted by molar-refractivity contribution is 5.77. The topological polar surface area (TPSA) is 46.1 Å². The van der Waals surface area contributed by atoms with Crippen LogP contribution in [0.4, 0.5) is 5.82 Å². The zero-order chi connectivity index (χ0) is 15.2. The Morgan fingerprint density at radius 3 is 2.62 bits per heavy atom. The molecule has 0 radical (unpaired) electrons. The van der Waals surface area contributed by atoms with Crippen LogP contribution >= 0.6 is 0 Å². The normalized spacial score (nSPS) is 34.8. The Morgan fingerprint density at radius 1 is 1.38 bits per heavy atom. The van der Waals surface area contributed by atoms with Crippen LogP contribution in [0.2, 0.25) is 0 Å². The van der Waals surface area contributed by atoms with Crippen molar-refractivity contribution in [2.24, 2.45) is 11.8 Å². The monoisotopic (exact) mass is 287 g/mol. The van der Waals surface area contributed by atoms with Crippen molar-refractivity contribution in [1.82, 2.24) is 9.97 Å². The van der Waals surface area contributed by atoms with Crippen molar-refractivity contribution in [1.29, 1.82) is 0 Å². The molecule has 0 N–H and O–H groups in total. The van der Waals surface area contributed by atoms with Gasteiger partial charge in [0.2, 0.25) is 0 Å². The molecular weight excluding hydrogens is 262 g/mol. The van der Waals surface area contributed by atoms with Crippen LogP contribution in [0.3, 0.4) is 0 Å². The van der Waals surface area contributed by atoms with E-state index < -0.39 is 0 Å². The van der Waals surface area contributed by atoms with Gasteiger partial charge in [0, 0.05) is 24.8 Å². The first-order valence-corrected chi connectivity index (χ1v) is 8.03. The molecule has 2 aliphatic carbocycles. The van der Waals surface area contributed by atoms with Crippen molar-refractivity contribution >= 4 is 12.1 Å². The number of carbonyl (C=O) groups is 1. The molecule has 3 rings (SSSR count). The van der Waals surface area contributed by atoms with Gasteiger partial charge in [-0.3, -0.25) is 0 Å². The van der Waals surface area contributed by atoms with Gasteiger partial charge in [0.05, 0.1) is 5.41 Å². The number of nitrogens with zero attached hydrogens (tertiary/aromatic N) is 3. The van der Waals surface area contributed by atoms with Gasteiger partial charge in [0.25, 0.3) is 0 Å². The van der Waals surface area contributed by atoms with E-state index in [-0.39, 0.29) is 5.41 Å². The average molecular weight is 287 g/mol. The summed E-state index contributed by atoms with van der Waals surface area (Å²) >= 11 is 0. The summed E-state index contributed by atoms with van der Waals surface area (Å²) < 4.78 is 0. The SMILES string of the molecule is Cc1ncc(C2(C=O)CC2C)c(N(C)C2CCCC2C)n1. The number of anilines is 1.